The molecule has 1 rings (SSSR count). The van der Waals surface area contributed by atoms with E-state index in [-0.39, 0.29) is 12.4 Å². The van der Waals surface area contributed by atoms with Gasteiger partial charge in [-0.15, -0.1) is 0 Å². The van der Waals surface area contributed by atoms with Crippen molar-refractivity contribution in [2.75, 3.05) is 13.2 Å². The summed E-state index contributed by atoms with van der Waals surface area (Å²) in [5.41, 5.74) is 0.347. The van der Waals surface area contributed by atoms with E-state index < -0.39 is 11.6 Å². The van der Waals surface area contributed by atoms with E-state index in [0.717, 1.165) is 0 Å². The molecule has 0 unspecified atom stereocenters. The van der Waals surface area contributed by atoms with Gasteiger partial charge in [0, 0.05) is 17.6 Å². The summed E-state index contributed by atoms with van der Waals surface area (Å²) in [5, 5.41) is 0. The second-order valence-corrected chi connectivity index (χ2v) is 5.52. The highest BCUT2D eigenvalue weighted by Crippen LogP contribution is 2.16. The summed E-state index contributed by atoms with van der Waals surface area (Å²) in [6.07, 6.45) is 0.508. The molecule has 0 bridgehead atoms. The maximum atomic E-state index is 11.8. The Kier molecular flexibility index (Phi) is 6.31. The van der Waals surface area contributed by atoms with Gasteiger partial charge in [-0.2, -0.15) is 0 Å². The summed E-state index contributed by atoms with van der Waals surface area (Å²) in [6.45, 7) is 9.11. The second kappa shape index (κ2) is 7.74. The number of rotatable bonds is 8. The molecule has 4 heteroatoms. The second-order valence-electron chi connectivity index (χ2n) is 5.52. The zero-order valence-corrected chi connectivity index (χ0v) is 12.8. The topological polar surface area (TPSA) is 52.6 Å². The van der Waals surface area contributed by atoms with Crippen LogP contribution >= 0.6 is 0 Å². The predicted octanol–water partition coefficient (Wildman–Crippen LogP) is 3.17. The summed E-state index contributed by atoms with van der Waals surface area (Å²) >= 11 is 0. The van der Waals surface area contributed by atoms with E-state index in [1.54, 1.807) is 32.9 Å². The van der Waals surface area contributed by atoms with Crippen molar-refractivity contribution in [3.8, 4) is 0 Å². The molecule has 0 radical (unpaired) electrons. The highest BCUT2D eigenvalue weighted by atomic mass is 16.6. The fourth-order valence-corrected chi connectivity index (χ4v) is 1.58. The van der Waals surface area contributed by atoms with Crippen LogP contribution < -0.4 is 0 Å². The Morgan fingerprint density at radius 2 is 1.81 bits per heavy atom. The molecule has 0 saturated heterocycles. The van der Waals surface area contributed by atoms with Crippen LogP contribution in [0.3, 0.4) is 0 Å². The lowest BCUT2D eigenvalue weighted by Crippen LogP contribution is -2.30. The highest BCUT2D eigenvalue weighted by Gasteiger charge is 2.23. The molecule has 0 aliphatic rings. The van der Waals surface area contributed by atoms with Gasteiger partial charge in [0.25, 0.3) is 0 Å². The first-order valence-electron chi connectivity index (χ1n) is 6.87. The number of Topliss-reactive ketones (excluding diaryl/α,β-unsaturated/α-hetero) is 1. The summed E-state index contributed by atoms with van der Waals surface area (Å²) in [7, 11) is 0. The highest BCUT2D eigenvalue weighted by molar-refractivity contribution is 5.97. The van der Waals surface area contributed by atoms with Crippen LogP contribution in [0.2, 0.25) is 0 Å². The largest absolute Gasteiger partial charge is 0.456 e. The Morgan fingerprint density at radius 3 is 2.38 bits per heavy atom. The molecule has 1 aromatic rings. The van der Waals surface area contributed by atoms with Crippen molar-refractivity contribution in [1.29, 1.82) is 0 Å². The minimum absolute atomic E-state index is 0.0223. The zero-order valence-electron chi connectivity index (χ0n) is 12.8. The third kappa shape index (κ3) is 6.36. The van der Waals surface area contributed by atoms with E-state index in [9.17, 15) is 9.59 Å². The maximum absolute atomic E-state index is 11.8. The third-order valence-electron chi connectivity index (χ3n) is 2.89. The summed E-state index contributed by atoms with van der Waals surface area (Å²) in [5.74, 6) is -0.479. The number of carbonyl (C=O) groups is 2. The molecule has 0 aromatic heterocycles. The van der Waals surface area contributed by atoms with Gasteiger partial charge in [-0.3, -0.25) is 4.79 Å². The Balaban J connectivity index is 2.32. The zero-order chi connectivity index (χ0) is 15.9. The number of benzene rings is 1. The van der Waals surface area contributed by atoms with Crippen LogP contribution in [0.15, 0.2) is 42.5 Å². The SMILES string of the molecule is C=C(C)C(=O)OC(C)(C)CCOCC(=O)c1ccccc1. The molecule has 1 aromatic carbocycles. The van der Waals surface area contributed by atoms with Gasteiger partial charge in [0.05, 0.1) is 6.61 Å². The minimum atomic E-state index is -0.647. The molecule has 0 saturated carbocycles. The molecule has 21 heavy (non-hydrogen) atoms. The van der Waals surface area contributed by atoms with Gasteiger partial charge in [0.2, 0.25) is 0 Å². The molecule has 0 atom stereocenters. The molecule has 0 N–H and O–H groups in total. The van der Waals surface area contributed by atoms with Crippen LogP contribution in [-0.4, -0.2) is 30.6 Å². The molecular weight excluding hydrogens is 268 g/mol. The molecule has 0 aliphatic carbocycles. The summed E-state index contributed by atoms with van der Waals surface area (Å²) < 4.78 is 10.7. The number of hydrogen-bond acceptors (Lipinski definition) is 4. The number of ketones is 1. The van der Waals surface area contributed by atoms with Crippen LogP contribution in [0.4, 0.5) is 0 Å². The van der Waals surface area contributed by atoms with Crippen molar-refractivity contribution in [1.82, 2.24) is 0 Å². The van der Waals surface area contributed by atoms with E-state index >= 15 is 0 Å². The Hall–Kier alpha value is -1.94. The van der Waals surface area contributed by atoms with Crippen molar-refractivity contribution in [2.45, 2.75) is 32.8 Å². The van der Waals surface area contributed by atoms with Crippen LogP contribution in [0.5, 0.6) is 0 Å². The van der Waals surface area contributed by atoms with Crippen molar-refractivity contribution < 1.29 is 19.1 Å². The molecule has 0 fully saturated rings. The van der Waals surface area contributed by atoms with Crippen molar-refractivity contribution in [3.63, 3.8) is 0 Å². The number of esters is 1. The quantitative estimate of drug-likeness (QED) is 0.319. The lowest BCUT2D eigenvalue weighted by molar-refractivity contribution is -0.152. The normalized spacial score (nSPS) is 11.0. The number of carbonyl (C=O) groups excluding carboxylic acids is 2. The first-order valence-corrected chi connectivity index (χ1v) is 6.87. The van der Waals surface area contributed by atoms with E-state index in [1.807, 2.05) is 18.2 Å². The van der Waals surface area contributed by atoms with Gasteiger partial charge in [-0.1, -0.05) is 36.9 Å². The van der Waals surface area contributed by atoms with Gasteiger partial charge in [0.15, 0.2) is 5.78 Å². The number of ether oxygens (including phenoxy) is 2. The van der Waals surface area contributed by atoms with Crippen LogP contribution in [0.1, 0.15) is 37.6 Å². The molecule has 0 heterocycles. The first kappa shape index (κ1) is 17.1. The van der Waals surface area contributed by atoms with Crippen molar-refractivity contribution in [2.24, 2.45) is 0 Å². The van der Waals surface area contributed by atoms with Gasteiger partial charge in [0.1, 0.15) is 12.2 Å². The van der Waals surface area contributed by atoms with Gasteiger partial charge in [-0.25, -0.2) is 4.79 Å². The molecular formula is C17H22O4. The van der Waals surface area contributed by atoms with Gasteiger partial charge < -0.3 is 9.47 Å². The van der Waals surface area contributed by atoms with E-state index in [2.05, 4.69) is 6.58 Å². The first-order chi connectivity index (χ1) is 9.82. The average Bonchev–Trinajstić information content (AvgIpc) is 2.43. The summed E-state index contributed by atoms with van der Waals surface area (Å²) in [6, 6.07) is 8.99. The van der Waals surface area contributed by atoms with E-state index in [4.69, 9.17) is 9.47 Å². The predicted molar refractivity (Wildman–Crippen MR) is 81.2 cm³/mol. The third-order valence-corrected chi connectivity index (χ3v) is 2.89. The van der Waals surface area contributed by atoms with E-state index in [0.29, 0.717) is 24.2 Å². The van der Waals surface area contributed by atoms with Crippen molar-refractivity contribution >= 4 is 11.8 Å². The Bertz CT molecular complexity index is 503. The lowest BCUT2D eigenvalue weighted by Gasteiger charge is -2.25. The van der Waals surface area contributed by atoms with Crippen LogP contribution in [-0.2, 0) is 14.3 Å². The molecule has 0 amide bonds. The maximum Gasteiger partial charge on any atom is 0.333 e. The molecule has 0 spiro atoms. The molecule has 4 nitrogen and oxygen atoms in total. The Labute approximate surface area is 125 Å². The molecule has 114 valence electrons. The average molecular weight is 290 g/mol. The smallest absolute Gasteiger partial charge is 0.333 e. The Morgan fingerprint density at radius 1 is 1.19 bits per heavy atom. The van der Waals surface area contributed by atoms with E-state index in [1.165, 1.54) is 0 Å². The lowest BCUT2D eigenvalue weighted by atomic mass is 10.1. The standard InChI is InChI=1S/C17H22O4/c1-13(2)16(19)21-17(3,4)10-11-20-12-15(18)14-8-6-5-7-9-14/h5-9H,1,10-12H2,2-4H3. The van der Waals surface area contributed by atoms with Crippen LogP contribution in [0.25, 0.3) is 0 Å². The van der Waals surface area contributed by atoms with Crippen molar-refractivity contribution in [3.05, 3.63) is 48.0 Å². The minimum Gasteiger partial charge on any atom is -0.456 e. The molecule has 0 aliphatic heterocycles. The van der Waals surface area contributed by atoms with Crippen LogP contribution in [0, 0.1) is 0 Å². The van der Waals surface area contributed by atoms with Gasteiger partial charge >= 0.3 is 5.97 Å². The monoisotopic (exact) mass is 290 g/mol. The fourth-order valence-electron chi connectivity index (χ4n) is 1.58. The number of hydrogen-bond donors (Lipinski definition) is 0. The van der Waals surface area contributed by atoms with Gasteiger partial charge in [-0.05, 0) is 20.8 Å². The fraction of sp³-hybridized carbons (Fsp3) is 0.412. The summed E-state index contributed by atoms with van der Waals surface area (Å²) in [4.78, 5) is 23.3.